The van der Waals surface area contributed by atoms with Gasteiger partial charge in [-0.3, -0.25) is 14.9 Å². The lowest BCUT2D eigenvalue weighted by Gasteiger charge is -2.05. The number of benzene rings is 1. The van der Waals surface area contributed by atoms with Gasteiger partial charge in [-0.2, -0.15) is 0 Å². The van der Waals surface area contributed by atoms with E-state index in [2.05, 4.69) is 15.6 Å². The fraction of sp³-hybridized carbons (Fsp3) is 0.214. The Morgan fingerprint density at radius 2 is 2.14 bits per heavy atom. The lowest BCUT2D eigenvalue weighted by molar-refractivity contribution is -0.119. The van der Waals surface area contributed by atoms with Crippen LogP contribution in [0.15, 0.2) is 23.6 Å². The highest BCUT2D eigenvalue weighted by Crippen LogP contribution is 2.28. The quantitative estimate of drug-likeness (QED) is 0.886. The number of nitrogens with zero attached hydrogens (tertiary/aromatic N) is 1. The fourth-order valence-electron chi connectivity index (χ4n) is 1.75. The van der Waals surface area contributed by atoms with Crippen LogP contribution in [0.1, 0.15) is 6.92 Å². The van der Waals surface area contributed by atoms with Gasteiger partial charge in [0.1, 0.15) is 12.4 Å². The molecule has 22 heavy (non-hydrogen) atoms. The summed E-state index contributed by atoms with van der Waals surface area (Å²) in [7, 11) is 1.42. The van der Waals surface area contributed by atoms with Gasteiger partial charge >= 0.3 is 0 Å². The molecule has 2 amide bonds. The summed E-state index contributed by atoms with van der Waals surface area (Å²) in [4.78, 5) is 26.5. The normalized spacial score (nSPS) is 10.3. The van der Waals surface area contributed by atoms with Gasteiger partial charge in [0.15, 0.2) is 5.13 Å². The van der Waals surface area contributed by atoms with Crippen molar-refractivity contribution in [1.29, 1.82) is 0 Å². The lowest BCUT2D eigenvalue weighted by Crippen LogP contribution is -2.16. The third-order valence-electron chi connectivity index (χ3n) is 2.59. The zero-order valence-electron chi connectivity index (χ0n) is 12.0. The minimum Gasteiger partial charge on any atom is -0.375 e. The molecule has 0 aliphatic rings. The van der Waals surface area contributed by atoms with Gasteiger partial charge in [-0.1, -0.05) is 0 Å². The summed E-state index contributed by atoms with van der Waals surface area (Å²) in [5, 5.41) is 7.06. The van der Waals surface area contributed by atoms with E-state index in [4.69, 9.17) is 4.74 Å². The standard InChI is InChI=1S/C14H14FN3O3S/c1-8(19)16-9-3-4-10(11(15)5-9)12-7-22-14(17-12)18-13(20)6-21-2/h3-5,7H,6H2,1-2H3,(H,16,19)(H,17,18,20). The van der Waals surface area contributed by atoms with Crippen molar-refractivity contribution in [3.05, 3.63) is 29.4 Å². The molecule has 116 valence electrons. The molecule has 0 fully saturated rings. The van der Waals surface area contributed by atoms with Crippen LogP contribution in [0.25, 0.3) is 11.3 Å². The predicted molar refractivity (Wildman–Crippen MR) is 82.3 cm³/mol. The highest BCUT2D eigenvalue weighted by molar-refractivity contribution is 7.14. The van der Waals surface area contributed by atoms with Crippen LogP contribution in [0.3, 0.4) is 0 Å². The molecule has 0 spiro atoms. The summed E-state index contributed by atoms with van der Waals surface area (Å²) >= 11 is 1.19. The molecule has 0 aliphatic carbocycles. The summed E-state index contributed by atoms with van der Waals surface area (Å²) in [6.45, 7) is 1.27. The van der Waals surface area contributed by atoms with Crippen molar-refractivity contribution < 1.29 is 18.7 Å². The fourth-order valence-corrected chi connectivity index (χ4v) is 2.47. The zero-order valence-corrected chi connectivity index (χ0v) is 12.8. The van der Waals surface area contributed by atoms with E-state index >= 15 is 0 Å². The third kappa shape index (κ3) is 4.09. The Morgan fingerprint density at radius 1 is 1.36 bits per heavy atom. The van der Waals surface area contributed by atoms with Crippen LogP contribution in [0, 0.1) is 5.82 Å². The van der Waals surface area contributed by atoms with Crippen molar-refractivity contribution in [2.45, 2.75) is 6.92 Å². The topological polar surface area (TPSA) is 80.3 Å². The highest BCUT2D eigenvalue weighted by Gasteiger charge is 2.12. The van der Waals surface area contributed by atoms with Crippen molar-refractivity contribution in [2.75, 3.05) is 24.4 Å². The molecule has 0 aliphatic heterocycles. The third-order valence-corrected chi connectivity index (χ3v) is 3.35. The second-order valence-corrected chi connectivity index (χ2v) is 5.25. The number of anilines is 2. The monoisotopic (exact) mass is 323 g/mol. The highest BCUT2D eigenvalue weighted by atomic mass is 32.1. The maximum absolute atomic E-state index is 14.1. The number of hydrogen-bond acceptors (Lipinski definition) is 5. The molecule has 2 rings (SSSR count). The Labute approximate surface area is 130 Å². The van der Waals surface area contributed by atoms with Crippen LogP contribution in [0.5, 0.6) is 0 Å². The van der Waals surface area contributed by atoms with Gasteiger partial charge in [0, 0.05) is 30.7 Å². The SMILES string of the molecule is COCC(=O)Nc1nc(-c2ccc(NC(C)=O)cc2F)cs1. The molecular formula is C14H14FN3O3S. The summed E-state index contributed by atoms with van der Waals surface area (Å²) in [5.41, 5.74) is 1.07. The average molecular weight is 323 g/mol. The van der Waals surface area contributed by atoms with Crippen LogP contribution >= 0.6 is 11.3 Å². The molecule has 0 saturated heterocycles. The number of halogens is 1. The summed E-state index contributed by atoms with van der Waals surface area (Å²) in [6, 6.07) is 4.33. The largest absolute Gasteiger partial charge is 0.375 e. The number of carbonyl (C=O) groups is 2. The van der Waals surface area contributed by atoms with E-state index in [1.807, 2.05) is 0 Å². The number of carbonyl (C=O) groups excluding carboxylic acids is 2. The smallest absolute Gasteiger partial charge is 0.252 e. The molecule has 0 bridgehead atoms. The molecule has 1 heterocycles. The number of methoxy groups -OCH3 is 1. The van der Waals surface area contributed by atoms with E-state index in [1.54, 1.807) is 11.4 Å². The van der Waals surface area contributed by atoms with Crippen LogP contribution in [0.4, 0.5) is 15.2 Å². The van der Waals surface area contributed by atoms with E-state index in [1.165, 1.54) is 37.5 Å². The van der Waals surface area contributed by atoms with Crippen LogP contribution < -0.4 is 10.6 Å². The van der Waals surface area contributed by atoms with Gasteiger partial charge in [-0.15, -0.1) is 11.3 Å². The first-order chi connectivity index (χ1) is 10.5. The molecule has 0 saturated carbocycles. The number of ether oxygens (including phenoxy) is 1. The van der Waals surface area contributed by atoms with Crippen molar-refractivity contribution in [2.24, 2.45) is 0 Å². The second-order valence-electron chi connectivity index (χ2n) is 4.39. The van der Waals surface area contributed by atoms with Crippen molar-refractivity contribution in [3.8, 4) is 11.3 Å². The van der Waals surface area contributed by atoms with Crippen molar-refractivity contribution in [1.82, 2.24) is 4.98 Å². The van der Waals surface area contributed by atoms with E-state index in [0.717, 1.165) is 0 Å². The van der Waals surface area contributed by atoms with Crippen LogP contribution in [-0.4, -0.2) is 30.5 Å². The molecule has 0 radical (unpaired) electrons. The maximum Gasteiger partial charge on any atom is 0.252 e. The number of thiazole rings is 1. The number of rotatable bonds is 5. The van der Waals surface area contributed by atoms with E-state index in [0.29, 0.717) is 16.5 Å². The van der Waals surface area contributed by atoms with Gasteiger partial charge < -0.3 is 10.1 Å². The Kier molecular flexibility index (Phi) is 5.18. The molecular weight excluding hydrogens is 309 g/mol. The van der Waals surface area contributed by atoms with Gasteiger partial charge in [0.05, 0.1) is 5.69 Å². The lowest BCUT2D eigenvalue weighted by atomic mass is 10.1. The van der Waals surface area contributed by atoms with E-state index in [9.17, 15) is 14.0 Å². The summed E-state index contributed by atoms with van der Waals surface area (Å²) < 4.78 is 18.8. The first-order valence-electron chi connectivity index (χ1n) is 6.31. The van der Waals surface area contributed by atoms with Gasteiger partial charge in [0.2, 0.25) is 5.91 Å². The summed E-state index contributed by atoms with van der Waals surface area (Å²) in [6.07, 6.45) is 0. The number of hydrogen-bond donors (Lipinski definition) is 2. The molecule has 2 N–H and O–H groups in total. The summed E-state index contributed by atoms with van der Waals surface area (Å²) in [5.74, 6) is -1.11. The minimum absolute atomic E-state index is 0.0747. The zero-order chi connectivity index (χ0) is 16.1. The van der Waals surface area contributed by atoms with Crippen LogP contribution in [-0.2, 0) is 14.3 Å². The molecule has 0 unspecified atom stereocenters. The molecule has 1 aromatic carbocycles. The Morgan fingerprint density at radius 3 is 2.77 bits per heavy atom. The number of aromatic nitrogens is 1. The molecule has 0 atom stereocenters. The van der Waals surface area contributed by atoms with Gasteiger partial charge in [-0.25, -0.2) is 9.37 Å². The molecule has 6 nitrogen and oxygen atoms in total. The maximum atomic E-state index is 14.1. The second kappa shape index (κ2) is 7.10. The van der Waals surface area contributed by atoms with E-state index in [-0.39, 0.29) is 24.0 Å². The van der Waals surface area contributed by atoms with E-state index < -0.39 is 5.82 Å². The first-order valence-corrected chi connectivity index (χ1v) is 7.19. The predicted octanol–water partition coefficient (Wildman–Crippen LogP) is 2.49. The van der Waals surface area contributed by atoms with Crippen molar-refractivity contribution in [3.63, 3.8) is 0 Å². The van der Waals surface area contributed by atoms with Gasteiger partial charge in [0.25, 0.3) is 5.91 Å². The minimum atomic E-state index is -0.508. The Hall–Kier alpha value is -2.32. The molecule has 2 aromatic rings. The first kappa shape index (κ1) is 16.1. The van der Waals surface area contributed by atoms with Crippen molar-refractivity contribution >= 4 is 34.0 Å². The van der Waals surface area contributed by atoms with Crippen LogP contribution in [0.2, 0.25) is 0 Å². The Bertz CT molecular complexity index is 702. The molecule has 8 heteroatoms. The number of nitrogens with one attached hydrogen (secondary N) is 2. The number of amides is 2. The Balaban J connectivity index is 2.17. The average Bonchev–Trinajstić information content (AvgIpc) is 2.86. The van der Waals surface area contributed by atoms with Gasteiger partial charge in [-0.05, 0) is 18.2 Å². The molecule has 1 aromatic heterocycles.